The van der Waals surface area contributed by atoms with E-state index in [9.17, 15) is 0 Å². The Labute approximate surface area is 209 Å². The van der Waals surface area contributed by atoms with Crippen molar-refractivity contribution in [3.63, 3.8) is 0 Å². The molecule has 8 heteroatoms. The third-order valence-electron chi connectivity index (χ3n) is 5.43. The standard InChI is InChI=1S/C24H37N5O2.HI/c1-4-25-24(26-12-7-13-31-18-21-10-14-30-15-11-21)27-17-22-8-5-6-9-23(22)29-20(3)16-19(2)28-29;/h5-6,8-9,16,21H,4,7,10-15,17-18H2,1-3H3,(H2,25,26,27);1H. The first-order chi connectivity index (χ1) is 15.2. The van der Waals surface area contributed by atoms with Crippen molar-refractivity contribution in [2.45, 2.75) is 46.6 Å². The summed E-state index contributed by atoms with van der Waals surface area (Å²) in [4.78, 5) is 4.80. The predicted octanol–water partition coefficient (Wildman–Crippen LogP) is 4.00. The summed E-state index contributed by atoms with van der Waals surface area (Å²) < 4.78 is 13.3. The van der Waals surface area contributed by atoms with Crippen LogP contribution in [0.5, 0.6) is 0 Å². The van der Waals surface area contributed by atoms with Gasteiger partial charge in [-0.3, -0.25) is 0 Å². The molecule has 1 aromatic heterocycles. The minimum atomic E-state index is 0. The number of para-hydroxylation sites is 1. The molecular formula is C24H38IN5O2. The fourth-order valence-electron chi connectivity index (χ4n) is 3.77. The van der Waals surface area contributed by atoms with E-state index in [-0.39, 0.29) is 24.0 Å². The number of rotatable bonds is 10. The van der Waals surface area contributed by atoms with Crippen LogP contribution in [0.15, 0.2) is 35.3 Å². The lowest BCUT2D eigenvalue weighted by molar-refractivity contribution is 0.0203. The van der Waals surface area contributed by atoms with E-state index in [2.05, 4.69) is 53.8 Å². The highest BCUT2D eigenvalue weighted by atomic mass is 127. The molecule has 0 aliphatic carbocycles. The van der Waals surface area contributed by atoms with Crippen molar-refractivity contribution < 1.29 is 9.47 Å². The zero-order valence-electron chi connectivity index (χ0n) is 19.6. The second-order valence-electron chi connectivity index (χ2n) is 8.07. The number of halogens is 1. The molecular weight excluding hydrogens is 517 g/mol. The topological polar surface area (TPSA) is 72.7 Å². The van der Waals surface area contributed by atoms with Crippen molar-refractivity contribution in [1.82, 2.24) is 20.4 Å². The van der Waals surface area contributed by atoms with Gasteiger partial charge in [0.05, 0.1) is 17.9 Å². The molecule has 0 spiro atoms. The van der Waals surface area contributed by atoms with E-state index in [4.69, 9.17) is 14.5 Å². The smallest absolute Gasteiger partial charge is 0.191 e. The summed E-state index contributed by atoms with van der Waals surface area (Å²) in [6.07, 6.45) is 3.19. The lowest BCUT2D eigenvalue weighted by Gasteiger charge is -2.21. The third kappa shape index (κ3) is 8.37. The van der Waals surface area contributed by atoms with Crippen molar-refractivity contribution in [2.24, 2.45) is 10.9 Å². The third-order valence-corrected chi connectivity index (χ3v) is 5.43. The first-order valence-electron chi connectivity index (χ1n) is 11.5. The number of benzene rings is 1. The number of hydrogen-bond donors (Lipinski definition) is 2. The van der Waals surface area contributed by atoms with Crippen molar-refractivity contribution >= 4 is 29.9 Å². The number of aliphatic imine (C=N–C) groups is 1. The van der Waals surface area contributed by atoms with E-state index >= 15 is 0 Å². The molecule has 0 saturated carbocycles. The minimum Gasteiger partial charge on any atom is -0.381 e. The molecule has 2 aromatic rings. The van der Waals surface area contributed by atoms with Crippen LogP contribution in [0.1, 0.15) is 43.1 Å². The SMILES string of the molecule is CCNC(=NCc1ccccc1-n1nc(C)cc1C)NCCCOCC1CCOCC1.I. The maximum absolute atomic E-state index is 5.86. The molecule has 2 heterocycles. The number of guanidine groups is 1. The Morgan fingerprint density at radius 2 is 2.00 bits per heavy atom. The Kier molecular flexibility index (Phi) is 12.0. The average Bonchev–Trinajstić information content (AvgIpc) is 3.13. The van der Waals surface area contributed by atoms with Gasteiger partial charge in [0, 0.05) is 45.2 Å². The lowest BCUT2D eigenvalue weighted by atomic mass is 10.0. The molecule has 3 rings (SSSR count). The van der Waals surface area contributed by atoms with E-state index < -0.39 is 0 Å². The Balaban J connectivity index is 0.00000363. The van der Waals surface area contributed by atoms with Crippen LogP contribution in [0.4, 0.5) is 0 Å². The Hall–Kier alpha value is -1.65. The summed E-state index contributed by atoms with van der Waals surface area (Å²) in [5, 5.41) is 11.4. The van der Waals surface area contributed by atoms with Gasteiger partial charge in [0.1, 0.15) is 0 Å². The van der Waals surface area contributed by atoms with E-state index in [0.29, 0.717) is 12.5 Å². The zero-order chi connectivity index (χ0) is 21.9. The molecule has 0 atom stereocenters. The van der Waals surface area contributed by atoms with Crippen molar-refractivity contribution in [1.29, 1.82) is 0 Å². The molecule has 0 radical (unpaired) electrons. The summed E-state index contributed by atoms with van der Waals surface area (Å²) >= 11 is 0. The monoisotopic (exact) mass is 555 g/mol. The van der Waals surface area contributed by atoms with Gasteiger partial charge in [0.25, 0.3) is 0 Å². The van der Waals surface area contributed by atoms with Crippen LogP contribution in [0, 0.1) is 19.8 Å². The van der Waals surface area contributed by atoms with E-state index in [1.165, 1.54) is 0 Å². The maximum Gasteiger partial charge on any atom is 0.191 e. The molecule has 178 valence electrons. The summed E-state index contributed by atoms with van der Waals surface area (Å²) in [5.41, 5.74) is 4.37. The van der Waals surface area contributed by atoms with Gasteiger partial charge >= 0.3 is 0 Å². The van der Waals surface area contributed by atoms with Gasteiger partial charge < -0.3 is 20.1 Å². The average molecular weight is 556 g/mol. The van der Waals surface area contributed by atoms with Gasteiger partial charge in [0.2, 0.25) is 0 Å². The highest BCUT2D eigenvalue weighted by molar-refractivity contribution is 14.0. The molecule has 32 heavy (non-hydrogen) atoms. The molecule has 1 aliphatic rings. The number of ether oxygens (including phenoxy) is 2. The molecule has 7 nitrogen and oxygen atoms in total. The summed E-state index contributed by atoms with van der Waals surface area (Å²) in [6.45, 7) is 11.8. The number of nitrogens with zero attached hydrogens (tertiary/aromatic N) is 3. The van der Waals surface area contributed by atoms with Gasteiger partial charge in [-0.2, -0.15) is 5.10 Å². The predicted molar refractivity (Wildman–Crippen MR) is 140 cm³/mol. The first kappa shape index (κ1) is 26.6. The minimum absolute atomic E-state index is 0. The Bertz CT molecular complexity index is 834. The molecule has 1 saturated heterocycles. The molecule has 1 fully saturated rings. The second kappa shape index (κ2) is 14.5. The van der Waals surface area contributed by atoms with Crippen LogP contribution in [0.25, 0.3) is 5.69 Å². The highest BCUT2D eigenvalue weighted by Gasteiger charge is 2.13. The maximum atomic E-state index is 5.86. The van der Waals surface area contributed by atoms with Crippen molar-refractivity contribution in [2.75, 3.05) is 39.5 Å². The largest absolute Gasteiger partial charge is 0.381 e. The van der Waals surface area contributed by atoms with Crippen LogP contribution in [-0.2, 0) is 16.0 Å². The zero-order valence-corrected chi connectivity index (χ0v) is 21.9. The van der Waals surface area contributed by atoms with Gasteiger partial charge in [-0.05, 0) is 63.6 Å². The molecule has 1 aliphatic heterocycles. The van der Waals surface area contributed by atoms with Crippen molar-refractivity contribution in [3.8, 4) is 5.69 Å². The normalized spacial score (nSPS) is 14.8. The molecule has 0 unspecified atom stereocenters. The number of hydrogen-bond acceptors (Lipinski definition) is 4. The van der Waals surface area contributed by atoms with Crippen LogP contribution in [-0.4, -0.2) is 55.3 Å². The second-order valence-corrected chi connectivity index (χ2v) is 8.07. The fourth-order valence-corrected chi connectivity index (χ4v) is 3.77. The number of nitrogens with one attached hydrogen (secondary N) is 2. The molecule has 2 N–H and O–H groups in total. The quantitative estimate of drug-likeness (QED) is 0.201. The van der Waals surface area contributed by atoms with Crippen LogP contribution >= 0.6 is 24.0 Å². The van der Waals surface area contributed by atoms with Gasteiger partial charge in [-0.15, -0.1) is 24.0 Å². The van der Waals surface area contributed by atoms with E-state index in [1.807, 2.05) is 17.7 Å². The van der Waals surface area contributed by atoms with Gasteiger partial charge in [0.15, 0.2) is 5.96 Å². The van der Waals surface area contributed by atoms with Crippen LogP contribution in [0.2, 0.25) is 0 Å². The molecule has 0 amide bonds. The lowest BCUT2D eigenvalue weighted by Crippen LogP contribution is -2.38. The first-order valence-corrected chi connectivity index (χ1v) is 11.5. The van der Waals surface area contributed by atoms with Gasteiger partial charge in [-0.25, -0.2) is 9.67 Å². The summed E-state index contributed by atoms with van der Waals surface area (Å²) in [5.74, 6) is 1.48. The van der Waals surface area contributed by atoms with E-state index in [1.54, 1.807) is 0 Å². The van der Waals surface area contributed by atoms with Gasteiger partial charge in [-0.1, -0.05) is 18.2 Å². The highest BCUT2D eigenvalue weighted by Crippen LogP contribution is 2.18. The fraction of sp³-hybridized carbons (Fsp3) is 0.583. The van der Waals surface area contributed by atoms with Crippen LogP contribution in [0.3, 0.4) is 0 Å². The summed E-state index contributed by atoms with van der Waals surface area (Å²) in [6, 6.07) is 10.4. The van der Waals surface area contributed by atoms with E-state index in [0.717, 1.165) is 87.4 Å². The Morgan fingerprint density at radius 3 is 2.72 bits per heavy atom. The van der Waals surface area contributed by atoms with Crippen LogP contribution < -0.4 is 10.6 Å². The Morgan fingerprint density at radius 1 is 1.22 bits per heavy atom. The molecule has 0 bridgehead atoms. The number of aromatic nitrogens is 2. The van der Waals surface area contributed by atoms with Crippen molar-refractivity contribution in [3.05, 3.63) is 47.3 Å². The number of aryl methyl sites for hydroxylation is 2. The molecule has 1 aromatic carbocycles. The summed E-state index contributed by atoms with van der Waals surface area (Å²) in [7, 11) is 0.